The molecule has 1 unspecified atom stereocenters. The first-order valence-corrected chi connectivity index (χ1v) is 12.3. The Hall–Kier alpha value is -4.34. The van der Waals surface area contributed by atoms with Crippen LogP contribution in [0.15, 0.2) is 52.6 Å². The van der Waals surface area contributed by atoms with E-state index in [0.717, 1.165) is 43.9 Å². The van der Waals surface area contributed by atoms with Crippen LogP contribution in [0.2, 0.25) is 0 Å². The van der Waals surface area contributed by atoms with E-state index in [4.69, 9.17) is 5.73 Å². The van der Waals surface area contributed by atoms with Crippen LogP contribution in [0.25, 0.3) is 22.2 Å². The normalized spacial score (nSPS) is 13.4. The Morgan fingerprint density at radius 2 is 1.67 bits per heavy atom. The molecule has 0 bridgehead atoms. The van der Waals surface area contributed by atoms with Crippen molar-refractivity contribution in [1.82, 2.24) is 24.7 Å². The Morgan fingerprint density at radius 3 is 2.19 bits per heavy atom. The van der Waals surface area contributed by atoms with E-state index < -0.39 is 46.1 Å². The molecule has 3 heterocycles. The second-order valence-electron chi connectivity index (χ2n) is 9.33. The molecule has 4 rings (SSSR count). The van der Waals surface area contributed by atoms with E-state index in [-0.39, 0.29) is 22.3 Å². The summed E-state index contributed by atoms with van der Waals surface area (Å²) in [6.45, 7) is 3.18. The van der Waals surface area contributed by atoms with Gasteiger partial charge in [0.25, 0.3) is 11.1 Å². The molecule has 0 fully saturated rings. The molecule has 0 aliphatic carbocycles. The Bertz CT molecular complexity index is 1660. The number of nitrogens with two attached hydrogens (primary N) is 1. The number of nitrogen functional groups attached to an aromatic ring is 1. The number of pyridine rings is 1. The molecule has 4 N–H and O–H groups in total. The lowest BCUT2D eigenvalue weighted by Crippen LogP contribution is -2.39. The molecule has 0 amide bonds. The van der Waals surface area contributed by atoms with Crippen molar-refractivity contribution < 1.29 is 35.8 Å². The summed E-state index contributed by atoms with van der Waals surface area (Å²) >= 11 is 0. The largest absolute Gasteiger partial charge is 0.423 e. The standard InChI is InChI=1S/C21H21F4N3O2.C5H4F3N3O/c1-3-4-5-7-28-8-6-13-9-16(17(22)10-15(13)19(28)29)18-26-11-14(12-27-18)20(2,30)21(23,24)25;6-5(7,8)3-2(9)1-10-11-4(3)12/h6,8-12,30H,3-5,7H2,1-2H3;1H,(H3,9,11,12). The highest BCUT2D eigenvalue weighted by Gasteiger charge is 2.51. The molecule has 3 aromatic heterocycles. The number of halogens is 7. The number of anilines is 1. The first-order valence-electron chi connectivity index (χ1n) is 12.3. The van der Waals surface area contributed by atoms with Crippen LogP contribution in [0.5, 0.6) is 0 Å². The minimum Gasteiger partial charge on any atom is -0.397 e. The highest BCUT2D eigenvalue weighted by molar-refractivity contribution is 5.86. The number of aryl methyl sites for hydroxylation is 1. The van der Waals surface area contributed by atoms with E-state index in [9.17, 15) is 45.4 Å². The van der Waals surface area contributed by atoms with E-state index in [1.165, 1.54) is 10.6 Å². The van der Waals surface area contributed by atoms with Crippen LogP contribution in [0.1, 0.15) is 44.2 Å². The fourth-order valence-corrected chi connectivity index (χ4v) is 3.77. The van der Waals surface area contributed by atoms with Crippen LogP contribution >= 0.6 is 0 Å². The number of nitrogens with one attached hydrogen (secondary N) is 1. The summed E-state index contributed by atoms with van der Waals surface area (Å²) in [5, 5.41) is 15.1. The van der Waals surface area contributed by atoms with Crippen molar-refractivity contribution in [2.24, 2.45) is 0 Å². The van der Waals surface area contributed by atoms with Gasteiger partial charge in [0.05, 0.1) is 22.8 Å². The van der Waals surface area contributed by atoms with Crippen LogP contribution in [0, 0.1) is 5.82 Å². The molecule has 9 nitrogen and oxygen atoms in total. The quantitative estimate of drug-likeness (QED) is 0.210. The lowest BCUT2D eigenvalue weighted by Gasteiger charge is -2.25. The average molecular weight is 603 g/mol. The number of aromatic nitrogens is 5. The molecule has 16 heteroatoms. The van der Waals surface area contributed by atoms with Gasteiger partial charge >= 0.3 is 12.4 Å². The lowest BCUT2D eigenvalue weighted by atomic mass is 9.98. The van der Waals surface area contributed by atoms with Crippen LogP contribution in [0.4, 0.5) is 36.4 Å². The predicted octanol–water partition coefficient (Wildman–Crippen LogP) is 4.93. The Balaban J connectivity index is 0.000000337. The van der Waals surface area contributed by atoms with Gasteiger partial charge in [-0.2, -0.15) is 31.4 Å². The maximum absolute atomic E-state index is 14.7. The van der Waals surface area contributed by atoms with Gasteiger partial charge in [-0.15, -0.1) is 0 Å². The molecule has 226 valence electrons. The zero-order valence-electron chi connectivity index (χ0n) is 22.1. The Labute approximate surface area is 232 Å². The van der Waals surface area contributed by atoms with Crippen molar-refractivity contribution in [1.29, 1.82) is 0 Å². The Kier molecular flexibility index (Phi) is 9.39. The summed E-state index contributed by atoms with van der Waals surface area (Å²) in [7, 11) is 0. The summed E-state index contributed by atoms with van der Waals surface area (Å²) in [5.41, 5.74) is -2.56. The molecule has 42 heavy (non-hydrogen) atoms. The van der Waals surface area contributed by atoms with Gasteiger partial charge in [0.2, 0.25) is 0 Å². The van der Waals surface area contributed by atoms with Crippen molar-refractivity contribution in [3.8, 4) is 11.4 Å². The van der Waals surface area contributed by atoms with Gasteiger partial charge < -0.3 is 15.4 Å². The molecule has 0 saturated heterocycles. The molecule has 1 atom stereocenters. The first-order chi connectivity index (χ1) is 19.5. The number of benzene rings is 1. The summed E-state index contributed by atoms with van der Waals surface area (Å²) in [6, 6.07) is 4.15. The van der Waals surface area contributed by atoms with E-state index >= 15 is 0 Å². The summed E-state index contributed by atoms with van der Waals surface area (Å²) < 4.78 is 91.0. The minimum atomic E-state index is -4.91. The second-order valence-corrected chi connectivity index (χ2v) is 9.33. The molecule has 0 aliphatic heterocycles. The minimum absolute atomic E-state index is 0.0520. The van der Waals surface area contributed by atoms with Crippen molar-refractivity contribution in [3.63, 3.8) is 0 Å². The lowest BCUT2D eigenvalue weighted by molar-refractivity contribution is -0.259. The zero-order chi connectivity index (χ0) is 31.5. The maximum atomic E-state index is 14.7. The van der Waals surface area contributed by atoms with Crippen molar-refractivity contribution in [2.75, 3.05) is 5.73 Å². The monoisotopic (exact) mass is 602 g/mol. The predicted molar refractivity (Wildman–Crippen MR) is 139 cm³/mol. The fourth-order valence-electron chi connectivity index (χ4n) is 3.77. The van der Waals surface area contributed by atoms with E-state index in [2.05, 4.69) is 22.0 Å². The highest BCUT2D eigenvalue weighted by Crippen LogP contribution is 2.38. The van der Waals surface area contributed by atoms with E-state index in [1.807, 2.05) is 0 Å². The van der Waals surface area contributed by atoms with Crippen LogP contribution < -0.4 is 16.9 Å². The second kappa shape index (κ2) is 12.3. The summed E-state index contributed by atoms with van der Waals surface area (Å²) in [5.74, 6) is -0.913. The summed E-state index contributed by atoms with van der Waals surface area (Å²) in [4.78, 5) is 30.8. The SMILES string of the molecule is CCCCCn1ccc2cc(-c3ncc(C(C)(O)C(F)(F)F)cn3)c(F)cc2c1=O.Nc1cn[nH]c(=O)c1C(F)(F)F. The van der Waals surface area contributed by atoms with E-state index in [1.54, 1.807) is 17.4 Å². The molecule has 0 saturated carbocycles. The average Bonchev–Trinajstić information content (AvgIpc) is 2.89. The molecular weight excluding hydrogens is 577 g/mol. The number of unbranched alkanes of at least 4 members (excludes halogenated alkanes) is 2. The van der Waals surface area contributed by atoms with Gasteiger partial charge in [0, 0.05) is 30.7 Å². The number of rotatable bonds is 6. The third kappa shape index (κ3) is 6.92. The van der Waals surface area contributed by atoms with Gasteiger partial charge in [0.1, 0.15) is 11.4 Å². The number of H-pyrrole nitrogens is 1. The third-order valence-corrected chi connectivity index (χ3v) is 6.24. The number of alkyl halides is 6. The molecular formula is C26H25F7N6O3. The van der Waals surface area contributed by atoms with Gasteiger partial charge in [0.15, 0.2) is 11.4 Å². The highest BCUT2D eigenvalue weighted by atomic mass is 19.4. The van der Waals surface area contributed by atoms with E-state index in [0.29, 0.717) is 18.9 Å². The molecule has 0 spiro atoms. The third-order valence-electron chi connectivity index (χ3n) is 6.24. The summed E-state index contributed by atoms with van der Waals surface area (Å²) in [6.07, 6.45) is -2.83. The number of nitrogens with zero attached hydrogens (tertiary/aromatic N) is 4. The smallest absolute Gasteiger partial charge is 0.397 e. The molecule has 0 aliphatic rings. The number of hydrogen-bond donors (Lipinski definition) is 3. The van der Waals surface area contributed by atoms with Crippen LogP contribution in [-0.4, -0.2) is 36.0 Å². The van der Waals surface area contributed by atoms with Crippen molar-refractivity contribution in [3.05, 3.63) is 80.6 Å². The first kappa shape index (κ1) is 32.2. The fraction of sp³-hybridized carbons (Fsp3) is 0.346. The number of fused-ring (bicyclic) bond motifs is 1. The van der Waals surface area contributed by atoms with Crippen LogP contribution in [-0.2, 0) is 18.3 Å². The zero-order valence-corrected chi connectivity index (χ0v) is 22.1. The van der Waals surface area contributed by atoms with Crippen molar-refractivity contribution in [2.45, 2.75) is 57.6 Å². The molecule has 1 aromatic carbocycles. The topological polar surface area (TPSA) is 140 Å². The maximum Gasteiger partial charge on any atom is 0.423 e. The van der Waals surface area contributed by atoms with Gasteiger partial charge in [-0.3, -0.25) is 9.59 Å². The van der Waals surface area contributed by atoms with Gasteiger partial charge in [-0.05, 0) is 36.9 Å². The van der Waals surface area contributed by atoms with Crippen LogP contribution in [0.3, 0.4) is 0 Å². The van der Waals surface area contributed by atoms with Crippen molar-refractivity contribution >= 4 is 16.5 Å². The van der Waals surface area contributed by atoms with Gasteiger partial charge in [-0.1, -0.05) is 19.8 Å². The molecule has 4 aromatic rings. The number of aromatic amines is 1. The number of aliphatic hydroxyl groups is 1. The Morgan fingerprint density at radius 1 is 1.02 bits per heavy atom. The van der Waals surface area contributed by atoms with Gasteiger partial charge in [-0.25, -0.2) is 19.5 Å². The molecule has 0 radical (unpaired) electrons. The number of hydrogen-bond acceptors (Lipinski definition) is 7.